The lowest BCUT2D eigenvalue weighted by Crippen LogP contribution is -2.53. The van der Waals surface area contributed by atoms with Crippen LogP contribution in [0.5, 0.6) is 0 Å². The number of rotatable bonds is 21. The molecule has 4 rings (SSSR count). The summed E-state index contributed by atoms with van der Waals surface area (Å²) >= 11 is 0. The van der Waals surface area contributed by atoms with E-state index in [1.54, 1.807) is 4.90 Å². The molecule has 4 nitrogen and oxygen atoms in total. The topological polar surface area (TPSA) is 49.4 Å². The molecule has 0 aliphatic heterocycles. The van der Waals surface area contributed by atoms with Gasteiger partial charge in [-0.3, -0.25) is 9.59 Å². The average molecular weight is 727 g/mol. The van der Waals surface area contributed by atoms with E-state index in [-0.39, 0.29) is 11.8 Å². The third-order valence-corrected chi connectivity index (χ3v) is 14.5. The summed E-state index contributed by atoms with van der Waals surface area (Å²) < 4.78 is 0. The van der Waals surface area contributed by atoms with Gasteiger partial charge in [0.15, 0.2) is 0 Å². The fourth-order valence-electron chi connectivity index (χ4n) is 11.4. The highest BCUT2D eigenvalue weighted by Gasteiger charge is 2.60. The average Bonchev–Trinajstić information content (AvgIpc) is 3.51. The van der Waals surface area contributed by atoms with E-state index >= 15 is 0 Å². The fraction of sp³-hybridized carbons (Fsp3) is 0.714. The molecule has 4 aliphatic carbocycles. The molecule has 0 aromatic heterocycles. The molecule has 0 aromatic carbocycles. The van der Waals surface area contributed by atoms with Crippen LogP contribution in [0.1, 0.15) is 156 Å². The Bertz CT molecular complexity index is 1290. The number of allylic oxidation sites excluding steroid dienone is 12. The Balaban J connectivity index is 1.02. The van der Waals surface area contributed by atoms with Gasteiger partial charge in [-0.25, -0.2) is 0 Å². The molecule has 4 fully saturated rings. The van der Waals surface area contributed by atoms with Gasteiger partial charge in [0, 0.05) is 33.0 Å². The van der Waals surface area contributed by atoms with Crippen LogP contribution < -0.4 is 5.32 Å². The molecule has 0 spiro atoms. The summed E-state index contributed by atoms with van der Waals surface area (Å²) in [5, 5.41) is 3.11. The van der Waals surface area contributed by atoms with Crippen molar-refractivity contribution in [2.24, 2.45) is 46.3 Å². The molecule has 4 saturated carbocycles. The van der Waals surface area contributed by atoms with Crippen molar-refractivity contribution in [3.05, 3.63) is 72.9 Å². The van der Waals surface area contributed by atoms with Crippen molar-refractivity contribution in [1.29, 1.82) is 0 Å². The molecular weight excluding hydrogens is 649 g/mol. The van der Waals surface area contributed by atoms with Gasteiger partial charge < -0.3 is 10.2 Å². The van der Waals surface area contributed by atoms with Crippen molar-refractivity contribution >= 4 is 11.8 Å². The van der Waals surface area contributed by atoms with Crippen LogP contribution in [0, 0.1) is 46.3 Å². The zero-order valence-electron chi connectivity index (χ0n) is 34.7. The normalized spacial score (nSPS) is 30.8. The van der Waals surface area contributed by atoms with E-state index in [0.29, 0.717) is 42.7 Å². The summed E-state index contributed by atoms with van der Waals surface area (Å²) in [6.07, 6.45) is 49.6. The van der Waals surface area contributed by atoms with E-state index < -0.39 is 0 Å². The van der Waals surface area contributed by atoms with E-state index in [1.165, 1.54) is 64.2 Å². The zero-order chi connectivity index (χ0) is 37.9. The zero-order valence-corrected chi connectivity index (χ0v) is 34.7. The Hall–Kier alpha value is -2.62. The van der Waals surface area contributed by atoms with Gasteiger partial charge in [0.25, 0.3) is 0 Å². The molecule has 53 heavy (non-hydrogen) atoms. The van der Waals surface area contributed by atoms with E-state index in [4.69, 9.17) is 0 Å². The van der Waals surface area contributed by atoms with Crippen LogP contribution >= 0.6 is 0 Å². The molecule has 0 aromatic rings. The van der Waals surface area contributed by atoms with Gasteiger partial charge in [0.1, 0.15) is 0 Å². The second-order valence-corrected chi connectivity index (χ2v) is 17.8. The van der Waals surface area contributed by atoms with E-state index in [9.17, 15) is 9.59 Å². The summed E-state index contributed by atoms with van der Waals surface area (Å²) in [4.78, 5) is 27.2. The lowest BCUT2D eigenvalue weighted by atomic mass is 9.44. The van der Waals surface area contributed by atoms with E-state index in [2.05, 4.69) is 106 Å². The molecule has 296 valence electrons. The minimum absolute atomic E-state index is 0.136. The summed E-state index contributed by atoms with van der Waals surface area (Å²) in [6, 6.07) is 0. The number of carbonyl (C=O) groups is 2. The molecule has 8 unspecified atom stereocenters. The highest BCUT2D eigenvalue weighted by Crippen LogP contribution is 2.68. The third-order valence-electron chi connectivity index (χ3n) is 14.5. The van der Waals surface area contributed by atoms with Crippen LogP contribution in [0.15, 0.2) is 72.9 Å². The Kier molecular flexibility index (Phi) is 18.5. The van der Waals surface area contributed by atoms with Crippen LogP contribution in [0.2, 0.25) is 0 Å². The largest absolute Gasteiger partial charge is 0.354 e. The molecule has 4 aliphatic rings. The standard InChI is InChI=1S/C49H78N2O2/c1-6-7-8-9-10-11-12-13-14-15-16-17-18-19-20-21-22-23-24-28-47(53)51(5)39-38-50-46(52)34-29-40(2)43-32-33-44-42-31-30-41-27-25-26-36-48(41,3)45(42)35-37-49(43,44)4/h7-8,10-11,13-14,16-17,19-20,22-23,40-45H,6,9,12,15,18,21,24-39H2,1-5H3,(H,50,52)/b8-7-,11-10-,14-13-,17-16-,20-19-,23-22-. The van der Waals surface area contributed by atoms with E-state index in [0.717, 1.165) is 81.0 Å². The van der Waals surface area contributed by atoms with Crippen molar-refractivity contribution in [2.45, 2.75) is 156 Å². The lowest BCUT2D eigenvalue weighted by molar-refractivity contribution is -0.130. The smallest absolute Gasteiger partial charge is 0.222 e. The third kappa shape index (κ3) is 12.7. The van der Waals surface area contributed by atoms with Gasteiger partial charge in [0.2, 0.25) is 11.8 Å². The van der Waals surface area contributed by atoms with Gasteiger partial charge in [-0.1, -0.05) is 113 Å². The lowest BCUT2D eigenvalue weighted by Gasteiger charge is -2.61. The van der Waals surface area contributed by atoms with Gasteiger partial charge >= 0.3 is 0 Å². The summed E-state index contributed by atoms with van der Waals surface area (Å²) in [5.41, 5.74) is 1.07. The van der Waals surface area contributed by atoms with Crippen molar-refractivity contribution in [3.63, 3.8) is 0 Å². The van der Waals surface area contributed by atoms with Crippen molar-refractivity contribution in [1.82, 2.24) is 10.2 Å². The van der Waals surface area contributed by atoms with Gasteiger partial charge in [-0.15, -0.1) is 0 Å². The van der Waals surface area contributed by atoms with Crippen LogP contribution in [0.4, 0.5) is 0 Å². The first-order valence-corrected chi connectivity index (χ1v) is 22.1. The fourth-order valence-corrected chi connectivity index (χ4v) is 11.4. The SMILES string of the molecule is CC/C=C\C/C=C\C/C=C\C/C=C\C/C=C\C/C=C\CCC(=O)N(C)CCNC(=O)CCC(C)C1CCC2C3CCC4CCCCC4(C)C3CCC12C. The number of likely N-dealkylation sites (N-methyl/N-ethyl adjacent to an activating group) is 1. The molecule has 8 atom stereocenters. The maximum atomic E-state index is 12.9. The predicted octanol–water partition coefficient (Wildman–Crippen LogP) is 12.5. The van der Waals surface area contributed by atoms with Crippen molar-refractivity contribution in [2.75, 3.05) is 20.1 Å². The van der Waals surface area contributed by atoms with Crippen molar-refractivity contribution < 1.29 is 9.59 Å². The predicted molar refractivity (Wildman–Crippen MR) is 226 cm³/mol. The molecule has 0 saturated heterocycles. The highest BCUT2D eigenvalue weighted by atomic mass is 16.2. The number of hydrogen-bond donors (Lipinski definition) is 1. The molecule has 2 amide bonds. The number of fused-ring (bicyclic) bond motifs is 5. The van der Waals surface area contributed by atoms with Gasteiger partial charge in [-0.2, -0.15) is 0 Å². The second-order valence-electron chi connectivity index (χ2n) is 17.8. The first-order valence-electron chi connectivity index (χ1n) is 22.1. The second kappa shape index (κ2) is 22.7. The van der Waals surface area contributed by atoms with Crippen molar-refractivity contribution in [3.8, 4) is 0 Å². The first-order chi connectivity index (χ1) is 25.7. The Labute approximate surface area is 326 Å². The number of nitrogens with zero attached hydrogens (tertiary/aromatic N) is 1. The highest BCUT2D eigenvalue weighted by molar-refractivity contribution is 5.77. The minimum atomic E-state index is 0.136. The molecule has 0 radical (unpaired) electrons. The number of amides is 2. The van der Waals surface area contributed by atoms with Gasteiger partial charge in [0.05, 0.1) is 0 Å². The monoisotopic (exact) mass is 727 g/mol. The molecular formula is C49H78N2O2. The maximum absolute atomic E-state index is 12.9. The summed E-state index contributed by atoms with van der Waals surface area (Å²) in [5.74, 6) is 5.41. The number of nitrogens with one attached hydrogen (secondary N) is 1. The summed E-state index contributed by atoms with van der Waals surface area (Å²) in [7, 11) is 1.85. The Morgan fingerprint density at radius 2 is 1.30 bits per heavy atom. The van der Waals surface area contributed by atoms with E-state index in [1.807, 2.05) is 7.05 Å². The number of hydrogen-bond acceptors (Lipinski definition) is 2. The Morgan fingerprint density at radius 3 is 1.94 bits per heavy atom. The molecule has 1 N–H and O–H groups in total. The minimum Gasteiger partial charge on any atom is -0.354 e. The quantitative estimate of drug-likeness (QED) is 0.120. The maximum Gasteiger partial charge on any atom is 0.222 e. The van der Waals surface area contributed by atoms with Crippen LogP contribution in [0.3, 0.4) is 0 Å². The Morgan fingerprint density at radius 1 is 0.698 bits per heavy atom. The van der Waals surface area contributed by atoms with Crippen LogP contribution in [-0.2, 0) is 9.59 Å². The number of carbonyl (C=O) groups excluding carboxylic acids is 2. The summed E-state index contributed by atoms with van der Waals surface area (Å²) in [6.45, 7) is 11.0. The molecule has 0 heterocycles. The van der Waals surface area contributed by atoms with Crippen LogP contribution in [-0.4, -0.2) is 36.9 Å². The van der Waals surface area contributed by atoms with Crippen LogP contribution in [0.25, 0.3) is 0 Å². The first kappa shape index (κ1) is 43.1. The molecule has 0 bridgehead atoms. The van der Waals surface area contributed by atoms with Gasteiger partial charge in [-0.05, 0) is 149 Å². The molecule has 4 heteroatoms.